The zero-order valence-corrected chi connectivity index (χ0v) is 12.3. The van der Waals surface area contributed by atoms with Crippen LogP contribution < -0.4 is 5.32 Å². The Kier molecular flexibility index (Phi) is 5.47. The molecule has 1 amide bonds. The largest absolute Gasteiger partial charge is 0.336 e. The first-order chi connectivity index (χ1) is 8.99. The topological polar surface area (TPSA) is 75.5 Å². The molecule has 0 saturated carbocycles. The van der Waals surface area contributed by atoms with E-state index in [0.29, 0.717) is 24.2 Å². The number of amides is 1. The van der Waals surface area contributed by atoms with Gasteiger partial charge in [-0.1, -0.05) is 0 Å². The van der Waals surface area contributed by atoms with Crippen molar-refractivity contribution in [1.82, 2.24) is 10.2 Å². The lowest BCUT2D eigenvalue weighted by Gasteiger charge is -2.32. The normalized spacial score (nSPS) is 18.3. The van der Waals surface area contributed by atoms with Crippen molar-refractivity contribution in [1.29, 1.82) is 0 Å². The Morgan fingerprint density at radius 3 is 2.75 bits per heavy atom. The predicted octanol–water partition coefficient (Wildman–Crippen LogP) is 1.76. The average Bonchev–Trinajstić information content (AvgIpc) is 2.37. The van der Waals surface area contributed by atoms with Crippen LogP contribution in [0.15, 0.2) is 18.2 Å². The van der Waals surface area contributed by atoms with Crippen molar-refractivity contribution >= 4 is 24.0 Å². The van der Waals surface area contributed by atoms with Crippen LogP contribution in [0, 0.1) is 17.0 Å². The third kappa shape index (κ3) is 3.46. The van der Waals surface area contributed by atoms with E-state index in [4.69, 9.17) is 0 Å². The number of hydrogen-bond acceptors (Lipinski definition) is 4. The molecule has 110 valence electrons. The number of nitrogens with one attached hydrogen (secondary N) is 1. The Hall–Kier alpha value is -1.66. The molecule has 1 aliphatic heterocycles. The number of nitrogens with zero attached hydrogens (tertiary/aromatic N) is 2. The van der Waals surface area contributed by atoms with Crippen LogP contribution in [0.1, 0.15) is 22.8 Å². The lowest BCUT2D eigenvalue weighted by atomic mass is 10.1. The van der Waals surface area contributed by atoms with Gasteiger partial charge in [0.2, 0.25) is 0 Å². The van der Waals surface area contributed by atoms with Gasteiger partial charge in [0.15, 0.2) is 0 Å². The fourth-order valence-corrected chi connectivity index (χ4v) is 2.29. The zero-order valence-electron chi connectivity index (χ0n) is 11.5. The van der Waals surface area contributed by atoms with Crippen LogP contribution in [-0.2, 0) is 0 Å². The van der Waals surface area contributed by atoms with Crippen LogP contribution in [0.25, 0.3) is 0 Å². The number of piperazine rings is 1. The fourth-order valence-electron chi connectivity index (χ4n) is 2.29. The van der Waals surface area contributed by atoms with E-state index in [-0.39, 0.29) is 30.0 Å². The Morgan fingerprint density at radius 1 is 1.50 bits per heavy atom. The molecule has 1 aromatic carbocycles. The minimum Gasteiger partial charge on any atom is -0.336 e. The molecule has 1 atom stereocenters. The Morgan fingerprint density at radius 2 is 2.20 bits per heavy atom. The molecule has 20 heavy (non-hydrogen) atoms. The molecule has 6 nitrogen and oxygen atoms in total. The summed E-state index contributed by atoms with van der Waals surface area (Å²) in [6.45, 7) is 5.86. The summed E-state index contributed by atoms with van der Waals surface area (Å²) in [5.74, 6) is -0.0549. The summed E-state index contributed by atoms with van der Waals surface area (Å²) in [5, 5.41) is 14.0. The zero-order chi connectivity index (χ0) is 14.0. The summed E-state index contributed by atoms with van der Waals surface area (Å²) in [5.41, 5.74) is 1.20. The number of carbonyl (C=O) groups excluding carboxylic acids is 1. The van der Waals surface area contributed by atoms with Gasteiger partial charge in [-0.15, -0.1) is 12.4 Å². The second-order valence-electron chi connectivity index (χ2n) is 4.86. The molecule has 1 fully saturated rings. The molecule has 7 heteroatoms. The number of hydrogen-bond donors (Lipinski definition) is 1. The van der Waals surface area contributed by atoms with E-state index in [9.17, 15) is 14.9 Å². The van der Waals surface area contributed by atoms with Gasteiger partial charge in [-0.2, -0.15) is 0 Å². The van der Waals surface area contributed by atoms with E-state index < -0.39 is 4.92 Å². The highest BCUT2D eigenvalue weighted by Gasteiger charge is 2.23. The average molecular weight is 300 g/mol. The van der Waals surface area contributed by atoms with Crippen molar-refractivity contribution < 1.29 is 9.72 Å². The molecule has 1 aromatic rings. The van der Waals surface area contributed by atoms with Crippen molar-refractivity contribution in [3.63, 3.8) is 0 Å². The van der Waals surface area contributed by atoms with Crippen molar-refractivity contribution in [2.75, 3.05) is 19.6 Å². The molecule has 1 aliphatic rings. The van der Waals surface area contributed by atoms with E-state index in [0.717, 1.165) is 6.54 Å². The monoisotopic (exact) mass is 299 g/mol. The number of rotatable bonds is 2. The first-order valence-electron chi connectivity index (χ1n) is 6.26. The Labute approximate surface area is 123 Å². The molecular weight excluding hydrogens is 282 g/mol. The number of halogens is 1. The van der Waals surface area contributed by atoms with Crippen molar-refractivity contribution in [2.45, 2.75) is 19.9 Å². The van der Waals surface area contributed by atoms with Gasteiger partial charge in [-0.05, 0) is 25.5 Å². The SMILES string of the molecule is Cc1cc([N+](=O)[O-])ccc1C(=O)N1CCN[C@H](C)C1.Cl. The number of non-ortho nitro benzene ring substituents is 1. The standard InChI is InChI=1S/C13H17N3O3.ClH/c1-9-7-11(16(18)19)3-4-12(9)13(17)15-6-5-14-10(2)8-15;/h3-4,7,10,14H,5-6,8H2,1-2H3;1H/t10-;/m1./s1. The summed E-state index contributed by atoms with van der Waals surface area (Å²) in [6, 6.07) is 4.64. The lowest BCUT2D eigenvalue weighted by molar-refractivity contribution is -0.384. The van der Waals surface area contributed by atoms with Gasteiger partial charge in [0.25, 0.3) is 11.6 Å². The summed E-state index contributed by atoms with van der Waals surface area (Å²) in [6.07, 6.45) is 0. The fraction of sp³-hybridized carbons (Fsp3) is 0.462. The molecule has 0 unspecified atom stereocenters. The van der Waals surface area contributed by atoms with E-state index in [1.165, 1.54) is 12.1 Å². The van der Waals surface area contributed by atoms with Crippen LogP contribution >= 0.6 is 12.4 Å². The predicted molar refractivity (Wildman–Crippen MR) is 78.4 cm³/mol. The number of carbonyl (C=O) groups is 1. The molecule has 0 aromatic heterocycles. The first kappa shape index (κ1) is 16.4. The van der Waals surface area contributed by atoms with Gasteiger partial charge in [0.05, 0.1) is 4.92 Å². The van der Waals surface area contributed by atoms with Crippen LogP contribution in [0.5, 0.6) is 0 Å². The summed E-state index contributed by atoms with van der Waals surface area (Å²) in [4.78, 5) is 24.4. The Balaban J connectivity index is 0.00000200. The Bertz CT molecular complexity index is 522. The summed E-state index contributed by atoms with van der Waals surface area (Å²) >= 11 is 0. The van der Waals surface area contributed by atoms with E-state index in [1.807, 2.05) is 6.92 Å². The number of nitro groups is 1. The van der Waals surface area contributed by atoms with Crippen LogP contribution in [0.3, 0.4) is 0 Å². The van der Waals surface area contributed by atoms with Crippen LogP contribution in [0.2, 0.25) is 0 Å². The lowest BCUT2D eigenvalue weighted by Crippen LogP contribution is -2.51. The van der Waals surface area contributed by atoms with E-state index in [2.05, 4.69) is 5.32 Å². The minimum atomic E-state index is -0.450. The van der Waals surface area contributed by atoms with E-state index >= 15 is 0 Å². The highest BCUT2D eigenvalue weighted by Crippen LogP contribution is 2.19. The highest BCUT2D eigenvalue weighted by molar-refractivity contribution is 5.96. The smallest absolute Gasteiger partial charge is 0.269 e. The number of nitro benzene ring substituents is 1. The maximum absolute atomic E-state index is 12.4. The van der Waals surface area contributed by atoms with Crippen molar-refractivity contribution in [3.05, 3.63) is 39.4 Å². The van der Waals surface area contributed by atoms with Gasteiger partial charge in [-0.3, -0.25) is 14.9 Å². The third-order valence-electron chi connectivity index (χ3n) is 3.31. The first-order valence-corrected chi connectivity index (χ1v) is 6.26. The molecule has 0 aliphatic carbocycles. The molecule has 2 rings (SSSR count). The van der Waals surface area contributed by atoms with Gasteiger partial charge in [0, 0.05) is 43.4 Å². The summed E-state index contributed by atoms with van der Waals surface area (Å²) in [7, 11) is 0. The highest BCUT2D eigenvalue weighted by atomic mass is 35.5. The van der Waals surface area contributed by atoms with Crippen molar-refractivity contribution in [3.8, 4) is 0 Å². The number of benzene rings is 1. The van der Waals surface area contributed by atoms with Gasteiger partial charge >= 0.3 is 0 Å². The third-order valence-corrected chi connectivity index (χ3v) is 3.31. The molecule has 0 spiro atoms. The molecule has 0 radical (unpaired) electrons. The van der Waals surface area contributed by atoms with E-state index in [1.54, 1.807) is 17.9 Å². The molecular formula is C13H18ClN3O3. The maximum Gasteiger partial charge on any atom is 0.269 e. The summed E-state index contributed by atoms with van der Waals surface area (Å²) < 4.78 is 0. The molecule has 1 heterocycles. The van der Waals surface area contributed by atoms with Gasteiger partial charge in [-0.25, -0.2) is 0 Å². The van der Waals surface area contributed by atoms with Gasteiger partial charge < -0.3 is 10.2 Å². The minimum absolute atomic E-state index is 0. The molecule has 1 saturated heterocycles. The molecule has 1 N–H and O–H groups in total. The second-order valence-corrected chi connectivity index (χ2v) is 4.86. The second kappa shape index (κ2) is 6.67. The van der Waals surface area contributed by atoms with Crippen LogP contribution in [0.4, 0.5) is 5.69 Å². The van der Waals surface area contributed by atoms with Crippen molar-refractivity contribution in [2.24, 2.45) is 0 Å². The van der Waals surface area contributed by atoms with Gasteiger partial charge in [0.1, 0.15) is 0 Å². The maximum atomic E-state index is 12.4. The molecule has 0 bridgehead atoms. The number of aryl methyl sites for hydroxylation is 1. The van der Waals surface area contributed by atoms with Crippen LogP contribution in [-0.4, -0.2) is 41.4 Å². The quantitative estimate of drug-likeness (QED) is 0.667.